The first kappa shape index (κ1) is 12.0. The number of rotatable bonds is 3. The van der Waals surface area contributed by atoms with Crippen molar-refractivity contribution in [3.8, 4) is 23.0 Å². The summed E-state index contributed by atoms with van der Waals surface area (Å²) >= 11 is 0. The van der Waals surface area contributed by atoms with Gasteiger partial charge in [-0.1, -0.05) is 48.5 Å². The highest BCUT2D eigenvalue weighted by atomic mass is 14.9. The first-order valence-corrected chi connectivity index (χ1v) is 6.73. The minimum Gasteiger partial charge on any atom is -0.305 e. The van der Waals surface area contributed by atoms with Crippen LogP contribution in [0.25, 0.3) is 11.1 Å². The van der Waals surface area contributed by atoms with Gasteiger partial charge in [0.2, 0.25) is 0 Å². The topological polar surface area (TPSA) is 12.0 Å². The normalized spacial score (nSPS) is 12.5. The second-order valence-corrected chi connectivity index (χ2v) is 4.74. The van der Waals surface area contributed by atoms with Crippen molar-refractivity contribution in [1.82, 2.24) is 5.32 Å². The molecule has 0 heterocycles. The van der Waals surface area contributed by atoms with Crippen molar-refractivity contribution in [2.24, 2.45) is 0 Å². The lowest BCUT2D eigenvalue weighted by atomic mass is 10.1. The molecule has 1 aliphatic carbocycles. The van der Waals surface area contributed by atoms with E-state index < -0.39 is 0 Å². The summed E-state index contributed by atoms with van der Waals surface area (Å²) in [6, 6.07) is 17.6. The minimum absolute atomic E-state index is 0.311. The van der Waals surface area contributed by atoms with Gasteiger partial charge in [-0.25, -0.2) is 0 Å². The Hall–Kier alpha value is -2.04. The van der Waals surface area contributed by atoms with E-state index >= 15 is 0 Å². The Morgan fingerprint density at radius 1 is 0.947 bits per heavy atom. The van der Waals surface area contributed by atoms with E-state index in [2.05, 4.69) is 65.7 Å². The first-order valence-electron chi connectivity index (χ1n) is 6.73. The maximum atomic E-state index is 3.63. The van der Waals surface area contributed by atoms with Crippen LogP contribution in [-0.4, -0.2) is 6.54 Å². The summed E-state index contributed by atoms with van der Waals surface area (Å²) in [6.07, 6.45) is 0.900. The van der Waals surface area contributed by atoms with Crippen molar-refractivity contribution < 1.29 is 0 Å². The van der Waals surface area contributed by atoms with Crippen LogP contribution in [0.3, 0.4) is 0 Å². The first-order chi connectivity index (χ1) is 9.42. The fourth-order valence-electron chi connectivity index (χ4n) is 2.78. The molecule has 0 amide bonds. The zero-order valence-electron chi connectivity index (χ0n) is 11.1. The van der Waals surface area contributed by atoms with Gasteiger partial charge in [0.15, 0.2) is 0 Å². The summed E-state index contributed by atoms with van der Waals surface area (Å²) < 4.78 is 0. The van der Waals surface area contributed by atoms with Crippen molar-refractivity contribution in [3.05, 3.63) is 59.7 Å². The van der Waals surface area contributed by atoms with E-state index in [1.807, 2.05) is 6.92 Å². The van der Waals surface area contributed by atoms with E-state index in [-0.39, 0.29) is 0 Å². The summed E-state index contributed by atoms with van der Waals surface area (Å²) in [5.41, 5.74) is 5.48. The standard InChI is InChI=1S/C18H17N/c1-2-3-8-13-19-18-16-11-6-4-9-14(16)15-10-5-7-12-17(15)18/h4-7,9-12,18-19H,8,13H2,1H3. The van der Waals surface area contributed by atoms with Crippen molar-refractivity contribution in [3.63, 3.8) is 0 Å². The SMILES string of the molecule is CC#CCCNC1c2ccccc2-c2ccccc21. The Kier molecular flexibility index (Phi) is 3.35. The molecule has 0 saturated heterocycles. The monoisotopic (exact) mass is 247 g/mol. The van der Waals surface area contributed by atoms with Gasteiger partial charge in [-0.2, -0.15) is 0 Å². The average Bonchev–Trinajstić information content (AvgIpc) is 2.78. The fraction of sp³-hybridized carbons (Fsp3) is 0.222. The van der Waals surface area contributed by atoms with E-state index in [0.717, 1.165) is 13.0 Å². The molecule has 3 rings (SSSR count). The molecule has 1 aliphatic rings. The molecule has 0 atom stereocenters. The van der Waals surface area contributed by atoms with Gasteiger partial charge in [0, 0.05) is 13.0 Å². The maximum Gasteiger partial charge on any atom is 0.0589 e. The fourth-order valence-corrected chi connectivity index (χ4v) is 2.78. The molecule has 2 aromatic rings. The van der Waals surface area contributed by atoms with E-state index in [1.165, 1.54) is 22.3 Å². The zero-order valence-corrected chi connectivity index (χ0v) is 11.1. The van der Waals surface area contributed by atoms with Crippen LogP contribution in [0.5, 0.6) is 0 Å². The van der Waals surface area contributed by atoms with Crippen LogP contribution in [0.1, 0.15) is 30.5 Å². The lowest BCUT2D eigenvalue weighted by Crippen LogP contribution is -2.21. The van der Waals surface area contributed by atoms with Crippen molar-refractivity contribution in [2.75, 3.05) is 6.54 Å². The molecular formula is C18H17N. The van der Waals surface area contributed by atoms with Gasteiger partial charge >= 0.3 is 0 Å². The second kappa shape index (κ2) is 5.30. The maximum absolute atomic E-state index is 3.63. The predicted molar refractivity (Wildman–Crippen MR) is 79.8 cm³/mol. The predicted octanol–water partition coefficient (Wildman–Crippen LogP) is 3.76. The highest BCUT2D eigenvalue weighted by molar-refractivity contribution is 5.78. The van der Waals surface area contributed by atoms with Gasteiger partial charge in [-0.05, 0) is 29.2 Å². The highest BCUT2D eigenvalue weighted by Gasteiger charge is 2.26. The summed E-state index contributed by atoms with van der Waals surface area (Å²) in [4.78, 5) is 0. The lowest BCUT2D eigenvalue weighted by molar-refractivity contribution is 0.625. The van der Waals surface area contributed by atoms with Gasteiger partial charge in [-0.3, -0.25) is 0 Å². The van der Waals surface area contributed by atoms with E-state index in [0.29, 0.717) is 6.04 Å². The number of nitrogens with one attached hydrogen (secondary N) is 1. The zero-order chi connectivity index (χ0) is 13.1. The van der Waals surface area contributed by atoms with E-state index in [9.17, 15) is 0 Å². The van der Waals surface area contributed by atoms with Gasteiger partial charge in [0.1, 0.15) is 0 Å². The minimum atomic E-state index is 0.311. The Morgan fingerprint density at radius 2 is 1.53 bits per heavy atom. The third-order valence-electron chi connectivity index (χ3n) is 3.61. The lowest BCUT2D eigenvalue weighted by Gasteiger charge is -2.14. The summed E-state index contributed by atoms with van der Waals surface area (Å²) in [6.45, 7) is 2.81. The highest BCUT2D eigenvalue weighted by Crippen LogP contribution is 2.42. The third-order valence-corrected chi connectivity index (χ3v) is 3.61. The number of benzene rings is 2. The van der Waals surface area contributed by atoms with Crippen LogP contribution in [0.2, 0.25) is 0 Å². The Labute approximate surface area is 114 Å². The molecule has 0 radical (unpaired) electrons. The van der Waals surface area contributed by atoms with Gasteiger partial charge < -0.3 is 5.32 Å². The van der Waals surface area contributed by atoms with Crippen LogP contribution in [0, 0.1) is 11.8 Å². The molecule has 0 fully saturated rings. The average molecular weight is 247 g/mol. The molecular weight excluding hydrogens is 230 g/mol. The molecule has 0 spiro atoms. The summed E-state index contributed by atoms with van der Waals surface area (Å²) in [5, 5.41) is 3.63. The molecule has 0 aromatic heterocycles. The van der Waals surface area contributed by atoms with Crippen LogP contribution < -0.4 is 5.32 Å². The van der Waals surface area contributed by atoms with Gasteiger partial charge in [0.05, 0.1) is 6.04 Å². The molecule has 19 heavy (non-hydrogen) atoms. The second-order valence-electron chi connectivity index (χ2n) is 4.74. The molecule has 1 nitrogen and oxygen atoms in total. The quantitative estimate of drug-likeness (QED) is 0.643. The summed E-state index contributed by atoms with van der Waals surface area (Å²) in [7, 11) is 0. The van der Waals surface area contributed by atoms with Crippen LogP contribution in [-0.2, 0) is 0 Å². The van der Waals surface area contributed by atoms with Crippen molar-refractivity contribution >= 4 is 0 Å². The molecule has 0 saturated carbocycles. The van der Waals surface area contributed by atoms with Crippen LogP contribution >= 0.6 is 0 Å². The Balaban J connectivity index is 1.93. The Morgan fingerprint density at radius 3 is 2.11 bits per heavy atom. The Bertz CT molecular complexity index is 600. The van der Waals surface area contributed by atoms with Crippen LogP contribution in [0.15, 0.2) is 48.5 Å². The van der Waals surface area contributed by atoms with E-state index in [1.54, 1.807) is 0 Å². The number of hydrogen-bond acceptors (Lipinski definition) is 1. The smallest absolute Gasteiger partial charge is 0.0589 e. The third kappa shape index (κ3) is 2.16. The molecule has 0 aliphatic heterocycles. The number of fused-ring (bicyclic) bond motifs is 3. The van der Waals surface area contributed by atoms with Crippen molar-refractivity contribution in [1.29, 1.82) is 0 Å². The molecule has 2 aromatic carbocycles. The molecule has 94 valence electrons. The number of hydrogen-bond donors (Lipinski definition) is 1. The summed E-state index contributed by atoms with van der Waals surface area (Å²) in [5.74, 6) is 6.05. The largest absolute Gasteiger partial charge is 0.305 e. The van der Waals surface area contributed by atoms with Gasteiger partial charge in [0.25, 0.3) is 0 Å². The molecule has 1 N–H and O–H groups in total. The van der Waals surface area contributed by atoms with Crippen LogP contribution in [0.4, 0.5) is 0 Å². The van der Waals surface area contributed by atoms with Crippen molar-refractivity contribution in [2.45, 2.75) is 19.4 Å². The molecule has 0 bridgehead atoms. The van der Waals surface area contributed by atoms with E-state index in [4.69, 9.17) is 0 Å². The molecule has 1 heteroatoms. The molecule has 0 unspecified atom stereocenters. The van der Waals surface area contributed by atoms with Gasteiger partial charge in [-0.15, -0.1) is 11.8 Å².